The van der Waals surface area contributed by atoms with Crippen molar-refractivity contribution in [3.8, 4) is 0 Å². The van der Waals surface area contributed by atoms with E-state index < -0.39 is 0 Å². The van der Waals surface area contributed by atoms with Crippen LogP contribution in [0.25, 0.3) is 0 Å². The van der Waals surface area contributed by atoms with Crippen molar-refractivity contribution >= 4 is 23.1 Å². The lowest BCUT2D eigenvalue weighted by Gasteiger charge is -2.36. The number of rotatable bonds is 5. The van der Waals surface area contributed by atoms with E-state index in [4.69, 9.17) is 16.1 Å². The zero-order chi connectivity index (χ0) is 15.5. The fourth-order valence-electron chi connectivity index (χ4n) is 2.55. The number of halogens is 1. The first kappa shape index (κ1) is 15.8. The van der Waals surface area contributed by atoms with Crippen molar-refractivity contribution in [1.29, 1.82) is 0 Å². The molecule has 2 aromatic heterocycles. The predicted octanol–water partition coefficient (Wildman–Crippen LogP) is 2.02. The molecule has 0 unspecified atom stereocenters. The molecule has 2 aromatic rings. The highest BCUT2D eigenvalue weighted by atomic mass is 35.5. The van der Waals surface area contributed by atoms with Crippen molar-refractivity contribution in [2.24, 2.45) is 0 Å². The molecule has 1 fully saturated rings. The summed E-state index contributed by atoms with van der Waals surface area (Å²) in [5.41, 5.74) is 0.873. The van der Waals surface area contributed by atoms with Crippen LogP contribution in [0.1, 0.15) is 37.3 Å². The summed E-state index contributed by atoms with van der Waals surface area (Å²) in [5, 5.41) is 8.05. The average molecular weight is 343 g/mol. The maximum atomic E-state index is 6.06. The summed E-state index contributed by atoms with van der Waals surface area (Å²) in [5.74, 6) is 1.48. The number of piperazine rings is 1. The number of hydrogen-bond acceptors (Lipinski definition) is 8. The lowest BCUT2D eigenvalue weighted by atomic mass is 10.2. The zero-order valence-electron chi connectivity index (χ0n) is 12.7. The predicted molar refractivity (Wildman–Crippen MR) is 83.9 cm³/mol. The van der Waals surface area contributed by atoms with Crippen LogP contribution < -0.4 is 0 Å². The van der Waals surface area contributed by atoms with Gasteiger partial charge in [0.25, 0.3) is 0 Å². The second-order valence-corrected chi connectivity index (χ2v) is 6.74. The SMILES string of the molecule is CCc1noc([C@@H](C)N2CCN(Cc3nnsc3Cl)CC2)n1. The van der Waals surface area contributed by atoms with E-state index in [1.807, 2.05) is 6.92 Å². The third kappa shape index (κ3) is 3.45. The third-order valence-corrected chi connectivity index (χ3v) is 4.98. The van der Waals surface area contributed by atoms with Gasteiger partial charge in [-0.05, 0) is 6.92 Å². The average Bonchev–Trinajstić information content (AvgIpc) is 3.17. The maximum absolute atomic E-state index is 6.06. The van der Waals surface area contributed by atoms with E-state index in [-0.39, 0.29) is 6.04 Å². The Bertz CT molecular complexity index is 609. The second kappa shape index (κ2) is 6.99. The second-order valence-electron chi connectivity index (χ2n) is 5.38. The Morgan fingerprint density at radius 1 is 1.32 bits per heavy atom. The number of aryl methyl sites for hydroxylation is 1. The molecule has 0 aliphatic carbocycles. The molecule has 1 saturated heterocycles. The highest BCUT2D eigenvalue weighted by molar-refractivity contribution is 7.10. The minimum atomic E-state index is 0.152. The Morgan fingerprint density at radius 3 is 2.68 bits per heavy atom. The van der Waals surface area contributed by atoms with E-state index in [1.54, 1.807) is 0 Å². The quantitative estimate of drug-likeness (QED) is 0.823. The molecule has 9 heteroatoms. The van der Waals surface area contributed by atoms with Crippen LogP contribution in [0.15, 0.2) is 4.52 Å². The largest absolute Gasteiger partial charge is 0.338 e. The fourth-order valence-corrected chi connectivity index (χ4v) is 3.16. The normalized spacial score (nSPS) is 18.7. The topological polar surface area (TPSA) is 71.2 Å². The van der Waals surface area contributed by atoms with Crippen LogP contribution in [0.2, 0.25) is 4.34 Å². The molecule has 22 heavy (non-hydrogen) atoms. The van der Waals surface area contributed by atoms with Crippen molar-refractivity contribution in [3.05, 3.63) is 21.7 Å². The van der Waals surface area contributed by atoms with Crippen molar-refractivity contribution < 1.29 is 4.52 Å². The molecule has 0 aromatic carbocycles. The molecule has 1 aliphatic heterocycles. The molecular weight excluding hydrogens is 324 g/mol. The molecule has 1 aliphatic rings. The number of nitrogens with zero attached hydrogens (tertiary/aromatic N) is 6. The third-order valence-electron chi connectivity index (χ3n) is 3.99. The standard InChI is InChI=1S/C13H19ClN6OS/c1-3-11-15-13(21-17-11)9(2)20-6-4-19(5-7-20)8-10-12(14)22-18-16-10/h9H,3-8H2,1-2H3/t9-/m1/s1. The Kier molecular flexibility index (Phi) is 5.02. The molecule has 0 spiro atoms. The van der Waals surface area contributed by atoms with Crippen LogP contribution in [0.5, 0.6) is 0 Å². The van der Waals surface area contributed by atoms with Gasteiger partial charge in [-0.1, -0.05) is 28.2 Å². The van der Waals surface area contributed by atoms with Gasteiger partial charge in [-0.2, -0.15) is 4.98 Å². The Balaban J connectivity index is 1.53. The minimum absolute atomic E-state index is 0.152. The van der Waals surface area contributed by atoms with Gasteiger partial charge in [0, 0.05) is 50.7 Å². The molecular formula is C13H19ClN6OS. The van der Waals surface area contributed by atoms with Crippen molar-refractivity contribution in [2.45, 2.75) is 32.9 Å². The van der Waals surface area contributed by atoms with E-state index in [2.05, 4.69) is 36.5 Å². The van der Waals surface area contributed by atoms with Crippen molar-refractivity contribution in [2.75, 3.05) is 26.2 Å². The molecule has 3 rings (SSSR count). The molecule has 0 bridgehead atoms. The van der Waals surface area contributed by atoms with Crippen LogP contribution in [-0.2, 0) is 13.0 Å². The zero-order valence-corrected chi connectivity index (χ0v) is 14.3. The summed E-state index contributed by atoms with van der Waals surface area (Å²) in [6.45, 7) is 8.75. The number of aromatic nitrogens is 4. The lowest BCUT2D eigenvalue weighted by molar-refractivity contribution is 0.0839. The first-order valence-electron chi connectivity index (χ1n) is 7.43. The molecule has 0 N–H and O–H groups in total. The van der Waals surface area contributed by atoms with Gasteiger partial charge in [0.2, 0.25) is 5.89 Å². The smallest absolute Gasteiger partial charge is 0.243 e. The van der Waals surface area contributed by atoms with Gasteiger partial charge in [0.1, 0.15) is 10.0 Å². The van der Waals surface area contributed by atoms with E-state index in [1.165, 1.54) is 11.5 Å². The van der Waals surface area contributed by atoms with Crippen LogP contribution in [0, 0.1) is 0 Å². The molecule has 0 radical (unpaired) electrons. The van der Waals surface area contributed by atoms with Gasteiger partial charge >= 0.3 is 0 Å². The summed E-state index contributed by atoms with van der Waals surface area (Å²) >= 11 is 7.30. The first-order chi connectivity index (χ1) is 10.7. The maximum Gasteiger partial charge on any atom is 0.243 e. The summed E-state index contributed by atoms with van der Waals surface area (Å²) < 4.78 is 9.91. The van der Waals surface area contributed by atoms with Crippen molar-refractivity contribution in [3.63, 3.8) is 0 Å². The van der Waals surface area contributed by atoms with E-state index in [0.717, 1.165) is 50.7 Å². The lowest BCUT2D eigenvalue weighted by Crippen LogP contribution is -2.46. The van der Waals surface area contributed by atoms with E-state index >= 15 is 0 Å². The van der Waals surface area contributed by atoms with E-state index in [9.17, 15) is 0 Å². The molecule has 0 saturated carbocycles. The van der Waals surface area contributed by atoms with Crippen molar-refractivity contribution in [1.82, 2.24) is 29.5 Å². The van der Waals surface area contributed by atoms with Gasteiger partial charge in [0.15, 0.2) is 5.82 Å². The number of hydrogen-bond donors (Lipinski definition) is 0. The molecule has 1 atom stereocenters. The summed E-state index contributed by atoms with van der Waals surface area (Å²) in [6, 6.07) is 0.152. The highest BCUT2D eigenvalue weighted by Gasteiger charge is 2.26. The minimum Gasteiger partial charge on any atom is -0.338 e. The van der Waals surface area contributed by atoms with Crippen LogP contribution in [0.4, 0.5) is 0 Å². The highest BCUT2D eigenvalue weighted by Crippen LogP contribution is 2.22. The van der Waals surface area contributed by atoms with Crippen LogP contribution in [0.3, 0.4) is 0 Å². The van der Waals surface area contributed by atoms with Gasteiger partial charge in [0.05, 0.1) is 6.04 Å². The van der Waals surface area contributed by atoms with Gasteiger partial charge in [-0.25, -0.2) is 0 Å². The molecule has 120 valence electrons. The molecule has 3 heterocycles. The molecule has 7 nitrogen and oxygen atoms in total. The first-order valence-corrected chi connectivity index (χ1v) is 8.58. The van der Waals surface area contributed by atoms with Crippen LogP contribution in [-0.4, -0.2) is 55.7 Å². The van der Waals surface area contributed by atoms with Gasteiger partial charge < -0.3 is 4.52 Å². The van der Waals surface area contributed by atoms with Crippen LogP contribution >= 0.6 is 23.1 Å². The summed E-state index contributed by atoms with van der Waals surface area (Å²) in [6.07, 6.45) is 0.798. The van der Waals surface area contributed by atoms with Gasteiger partial charge in [-0.15, -0.1) is 5.10 Å². The van der Waals surface area contributed by atoms with E-state index in [0.29, 0.717) is 10.2 Å². The monoisotopic (exact) mass is 342 g/mol. The van der Waals surface area contributed by atoms with Gasteiger partial charge in [-0.3, -0.25) is 9.80 Å². The Labute approximate surface area is 138 Å². The Hall–Kier alpha value is -1.09. The molecule has 0 amide bonds. The summed E-state index contributed by atoms with van der Waals surface area (Å²) in [7, 11) is 0. The summed E-state index contributed by atoms with van der Waals surface area (Å²) in [4.78, 5) is 9.14. The Morgan fingerprint density at radius 2 is 2.09 bits per heavy atom. The fraction of sp³-hybridized carbons (Fsp3) is 0.692.